The van der Waals surface area contributed by atoms with Crippen LogP contribution in [-0.4, -0.2) is 72.7 Å². The fourth-order valence-corrected chi connectivity index (χ4v) is 3.31. The molecule has 0 aromatic rings. The third kappa shape index (κ3) is 4.72. The number of carbonyl (C=O) groups is 1. The van der Waals surface area contributed by atoms with Gasteiger partial charge in [-0.3, -0.25) is 9.69 Å². The van der Waals surface area contributed by atoms with Crippen LogP contribution >= 0.6 is 0 Å². The monoisotopic (exact) mass is 283 g/mol. The lowest BCUT2D eigenvalue weighted by molar-refractivity contribution is -0.134. The lowest BCUT2D eigenvalue weighted by Gasteiger charge is -2.33. The Morgan fingerprint density at radius 3 is 2.90 bits per heavy atom. The summed E-state index contributed by atoms with van der Waals surface area (Å²) in [6, 6.07) is 0.481. The maximum Gasteiger partial charge on any atom is 0.236 e. The average Bonchev–Trinajstić information content (AvgIpc) is 2.92. The number of piperidine rings is 1. The van der Waals surface area contributed by atoms with Crippen molar-refractivity contribution in [3.05, 3.63) is 0 Å². The Hall–Kier alpha value is -0.650. The zero-order valence-corrected chi connectivity index (χ0v) is 12.7. The van der Waals surface area contributed by atoms with Crippen molar-refractivity contribution in [3.8, 4) is 0 Å². The molecule has 5 heteroatoms. The van der Waals surface area contributed by atoms with Gasteiger partial charge >= 0.3 is 0 Å². The predicted molar refractivity (Wildman–Crippen MR) is 79.5 cm³/mol. The summed E-state index contributed by atoms with van der Waals surface area (Å²) in [6.45, 7) is 7.12. The second-order valence-corrected chi connectivity index (χ2v) is 6.34. The molecule has 2 aliphatic rings. The van der Waals surface area contributed by atoms with Gasteiger partial charge in [-0.2, -0.15) is 0 Å². The van der Waals surface area contributed by atoms with Gasteiger partial charge in [-0.05, 0) is 38.1 Å². The Labute approximate surface area is 122 Å². The van der Waals surface area contributed by atoms with Crippen molar-refractivity contribution in [2.75, 3.05) is 45.9 Å². The van der Waals surface area contributed by atoms with E-state index in [1.807, 2.05) is 4.90 Å². The highest BCUT2D eigenvalue weighted by molar-refractivity contribution is 5.78. The van der Waals surface area contributed by atoms with Gasteiger partial charge in [0.05, 0.1) is 13.2 Å². The maximum absolute atomic E-state index is 12.4. The summed E-state index contributed by atoms with van der Waals surface area (Å²) in [5.41, 5.74) is 0. The first-order chi connectivity index (χ1) is 9.69. The molecule has 1 amide bonds. The Kier molecular flexibility index (Phi) is 6.26. The molecule has 2 rings (SSSR count). The van der Waals surface area contributed by atoms with Gasteiger partial charge in [0.15, 0.2) is 0 Å². The Morgan fingerprint density at radius 2 is 2.25 bits per heavy atom. The number of likely N-dealkylation sites (tertiary alicyclic amines) is 1. The molecule has 0 spiro atoms. The molecule has 2 heterocycles. The fraction of sp³-hybridized carbons (Fsp3) is 0.933. The zero-order chi connectivity index (χ0) is 14.4. The Morgan fingerprint density at radius 1 is 1.40 bits per heavy atom. The molecule has 0 bridgehead atoms. The molecule has 0 aromatic heterocycles. The van der Waals surface area contributed by atoms with E-state index in [0.717, 1.165) is 32.6 Å². The summed E-state index contributed by atoms with van der Waals surface area (Å²) in [4.78, 5) is 16.5. The maximum atomic E-state index is 12.4. The molecule has 0 aliphatic carbocycles. The smallest absolute Gasteiger partial charge is 0.236 e. The van der Waals surface area contributed by atoms with Crippen molar-refractivity contribution < 1.29 is 9.90 Å². The van der Waals surface area contributed by atoms with E-state index in [1.54, 1.807) is 0 Å². The van der Waals surface area contributed by atoms with Crippen molar-refractivity contribution in [2.45, 2.75) is 38.6 Å². The van der Waals surface area contributed by atoms with Crippen LogP contribution in [0.3, 0.4) is 0 Å². The number of aliphatic hydroxyl groups is 1. The van der Waals surface area contributed by atoms with E-state index < -0.39 is 0 Å². The van der Waals surface area contributed by atoms with Gasteiger partial charge in [0.2, 0.25) is 5.91 Å². The molecular formula is C15H29N3O2. The van der Waals surface area contributed by atoms with Crippen LogP contribution in [0, 0.1) is 5.92 Å². The van der Waals surface area contributed by atoms with E-state index in [9.17, 15) is 9.90 Å². The predicted octanol–water partition coefficient (Wildman–Crippen LogP) is 0.291. The summed E-state index contributed by atoms with van der Waals surface area (Å²) in [5.74, 6) is 0.846. The highest BCUT2D eigenvalue weighted by atomic mass is 16.3. The van der Waals surface area contributed by atoms with E-state index in [0.29, 0.717) is 25.0 Å². The highest BCUT2D eigenvalue weighted by Gasteiger charge is 2.24. The molecule has 2 fully saturated rings. The van der Waals surface area contributed by atoms with Crippen molar-refractivity contribution in [3.63, 3.8) is 0 Å². The van der Waals surface area contributed by atoms with E-state index in [2.05, 4.69) is 17.1 Å². The van der Waals surface area contributed by atoms with Crippen LogP contribution in [0.25, 0.3) is 0 Å². The van der Waals surface area contributed by atoms with E-state index in [1.165, 1.54) is 19.3 Å². The van der Waals surface area contributed by atoms with Gasteiger partial charge in [0.25, 0.3) is 0 Å². The third-order valence-corrected chi connectivity index (χ3v) is 4.43. The van der Waals surface area contributed by atoms with Crippen LogP contribution in [0.1, 0.15) is 32.6 Å². The zero-order valence-electron chi connectivity index (χ0n) is 12.7. The summed E-state index contributed by atoms with van der Waals surface area (Å²) >= 11 is 0. The fourth-order valence-electron chi connectivity index (χ4n) is 3.31. The molecule has 2 unspecified atom stereocenters. The van der Waals surface area contributed by atoms with E-state index >= 15 is 0 Å². The number of carbonyl (C=O) groups excluding carboxylic acids is 1. The number of hydrogen-bond donors (Lipinski definition) is 2. The van der Waals surface area contributed by atoms with Gasteiger partial charge in [-0.25, -0.2) is 0 Å². The first kappa shape index (κ1) is 15.7. The number of amides is 1. The molecule has 5 nitrogen and oxygen atoms in total. The second-order valence-electron chi connectivity index (χ2n) is 6.34. The van der Waals surface area contributed by atoms with Crippen LogP contribution in [0.5, 0.6) is 0 Å². The average molecular weight is 283 g/mol. The first-order valence-corrected chi connectivity index (χ1v) is 8.03. The molecule has 0 saturated carbocycles. The normalized spacial score (nSPS) is 27.2. The van der Waals surface area contributed by atoms with Crippen LogP contribution in [0.15, 0.2) is 0 Å². The molecule has 2 atom stereocenters. The minimum absolute atomic E-state index is 0.121. The van der Waals surface area contributed by atoms with E-state index in [4.69, 9.17) is 0 Å². The molecule has 0 radical (unpaired) electrons. The van der Waals surface area contributed by atoms with E-state index in [-0.39, 0.29) is 12.5 Å². The van der Waals surface area contributed by atoms with Gasteiger partial charge in [0, 0.05) is 32.2 Å². The largest absolute Gasteiger partial charge is 0.395 e. The molecular weight excluding hydrogens is 254 g/mol. The Bertz CT molecular complexity index is 305. The van der Waals surface area contributed by atoms with Gasteiger partial charge in [-0.1, -0.05) is 6.92 Å². The molecule has 116 valence electrons. The van der Waals surface area contributed by atoms with Crippen molar-refractivity contribution in [2.24, 2.45) is 5.92 Å². The summed E-state index contributed by atoms with van der Waals surface area (Å²) in [6.07, 6.45) is 4.75. The number of nitrogens with zero attached hydrogens (tertiary/aromatic N) is 2. The van der Waals surface area contributed by atoms with Crippen LogP contribution in [0.2, 0.25) is 0 Å². The SMILES string of the molecule is CC1CCCN(C(=O)CN(CCO)CC2CCCN2)C1. The molecule has 2 N–H and O–H groups in total. The molecule has 2 saturated heterocycles. The van der Waals surface area contributed by atoms with Gasteiger partial charge < -0.3 is 15.3 Å². The van der Waals surface area contributed by atoms with Gasteiger partial charge in [-0.15, -0.1) is 0 Å². The number of nitrogens with one attached hydrogen (secondary N) is 1. The summed E-state index contributed by atoms with van der Waals surface area (Å²) < 4.78 is 0. The molecule has 20 heavy (non-hydrogen) atoms. The summed E-state index contributed by atoms with van der Waals surface area (Å²) in [5, 5.41) is 12.6. The number of rotatable bonds is 6. The van der Waals surface area contributed by atoms with Crippen LogP contribution in [0.4, 0.5) is 0 Å². The molecule has 2 aliphatic heterocycles. The Balaban J connectivity index is 1.81. The third-order valence-electron chi connectivity index (χ3n) is 4.43. The lowest BCUT2D eigenvalue weighted by Crippen LogP contribution is -2.47. The minimum atomic E-state index is 0.121. The van der Waals surface area contributed by atoms with Crippen molar-refractivity contribution in [1.82, 2.24) is 15.1 Å². The summed E-state index contributed by atoms with van der Waals surface area (Å²) in [7, 11) is 0. The second kappa shape index (κ2) is 7.96. The van der Waals surface area contributed by atoms with Crippen molar-refractivity contribution in [1.29, 1.82) is 0 Å². The first-order valence-electron chi connectivity index (χ1n) is 8.03. The molecule has 0 aromatic carbocycles. The minimum Gasteiger partial charge on any atom is -0.395 e. The van der Waals surface area contributed by atoms with Crippen LogP contribution < -0.4 is 5.32 Å². The topological polar surface area (TPSA) is 55.8 Å². The number of aliphatic hydroxyl groups excluding tert-OH is 1. The lowest BCUT2D eigenvalue weighted by atomic mass is 10.0. The van der Waals surface area contributed by atoms with Crippen molar-refractivity contribution >= 4 is 5.91 Å². The highest BCUT2D eigenvalue weighted by Crippen LogP contribution is 2.16. The standard InChI is InChI=1S/C15H29N3O2/c1-13-4-3-7-18(10-13)15(20)12-17(8-9-19)11-14-5-2-6-16-14/h13-14,16,19H,2-12H2,1H3. The van der Waals surface area contributed by atoms with Gasteiger partial charge in [0.1, 0.15) is 0 Å². The van der Waals surface area contributed by atoms with Crippen LogP contribution in [-0.2, 0) is 4.79 Å². The quantitative estimate of drug-likeness (QED) is 0.736. The number of hydrogen-bond acceptors (Lipinski definition) is 4.